The summed E-state index contributed by atoms with van der Waals surface area (Å²) in [6, 6.07) is 25.1. The largest absolute Gasteiger partial charge is 0.497 e. The standard InChI is InChI=1S/C30H33N5O4/c1-21(23-10-6-4-7-11-23)33-19-26-34(28(29(33)37)24-12-8-5-9-13-24)27(36)20-32(2)35(26)30(38)31-18-22-14-16-25(39-3)17-15-22/h4-17,21,26,28H,18-20H2,1-3H3,(H,31,38). The number of likely N-dealkylation sites (N-methyl/N-ethyl adjacent to an activating group) is 1. The average Bonchev–Trinajstić information content (AvgIpc) is 2.96. The molecule has 0 radical (unpaired) electrons. The molecule has 39 heavy (non-hydrogen) atoms. The minimum Gasteiger partial charge on any atom is -0.497 e. The number of hydrogen-bond donors (Lipinski definition) is 1. The minimum absolute atomic E-state index is 0.0166. The molecule has 4 amide bonds. The number of carbonyl (C=O) groups is 3. The number of methoxy groups -OCH3 is 1. The van der Waals surface area contributed by atoms with Gasteiger partial charge in [-0.2, -0.15) is 0 Å². The van der Waals surface area contributed by atoms with Crippen LogP contribution in [0.15, 0.2) is 84.9 Å². The molecule has 2 fully saturated rings. The Hall–Kier alpha value is -4.37. The van der Waals surface area contributed by atoms with Gasteiger partial charge >= 0.3 is 6.03 Å². The Kier molecular flexibility index (Phi) is 7.51. The molecular weight excluding hydrogens is 494 g/mol. The molecule has 3 aromatic rings. The van der Waals surface area contributed by atoms with Crippen LogP contribution in [0.25, 0.3) is 0 Å². The Morgan fingerprint density at radius 1 is 0.974 bits per heavy atom. The third-order valence-electron chi connectivity index (χ3n) is 7.45. The predicted octanol–water partition coefficient (Wildman–Crippen LogP) is 3.57. The lowest BCUT2D eigenvalue weighted by atomic mass is 9.96. The van der Waals surface area contributed by atoms with Crippen LogP contribution in [0.5, 0.6) is 5.75 Å². The van der Waals surface area contributed by atoms with E-state index in [0.29, 0.717) is 12.1 Å². The molecule has 2 aliphatic rings. The van der Waals surface area contributed by atoms with Gasteiger partial charge in [-0.1, -0.05) is 72.8 Å². The monoisotopic (exact) mass is 527 g/mol. The zero-order valence-corrected chi connectivity index (χ0v) is 22.4. The molecule has 2 aliphatic heterocycles. The maximum Gasteiger partial charge on any atom is 0.334 e. The molecule has 2 saturated heterocycles. The molecule has 5 rings (SSSR count). The summed E-state index contributed by atoms with van der Waals surface area (Å²) in [6.07, 6.45) is -0.679. The molecule has 3 aromatic carbocycles. The van der Waals surface area contributed by atoms with Crippen molar-refractivity contribution in [3.8, 4) is 5.75 Å². The second-order valence-electron chi connectivity index (χ2n) is 9.84. The van der Waals surface area contributed by atoms with Crippen molar-refractivity contribution in [3.05, 3.63) is 102 Å². The van der Waals surface area contributed by atoms with Gasteiger partial charge in [0.2, 0.25) is 5.91 Å². The van der Waals surface area contributed by atoms with E-state index in [1.807, 2.05) is 91.9 Å². The van der Waals surface area contributed by atoms with Crippen molar-refractivity contribution in [2.45, 2.75) is 31.7 Å². The highest BCUT2D eigenvalue weighted by molar-refractivity contribution is 5.92. The van der Waals surface area contributed by atoms with E-state index in [1.54, 1.807) is 34.0 Å². The highest BCUT2D eigenvalue weighted by Crippen LogP contribution is 2.37. The average molecular weight is 528 g/mol. The summed E-state index contributed by atoms with van der Waals surface area (Å²) < 4.78 is 5.22. The van der Waals surface area contributed by atoms with Crippen molar-refractivity contribution >= 4 is 17.8 Å². The Balaban J connectivity index is 1.47. The second kappa shape index (κ2) is 11.2. The number of fused-ring (bicyclic) bond motifs is 1. The first-order valence-corrected chi connectivity index (χ1v) is 13.0. The van der Waals surface area contributed by atoms with Crippen molar-refractivity contribution in [1.82, 2.24) is 25.1 Å². The molecule has 2 heterocycles. The van der Waals surface area contributed by atoms with Crippen LogP contribution in [0, 0.1) is 0 Å². The van der Waals surface area contributed by atoms with Gasteiger partial charge in [-0.25, -0.2) is 14.8 Å². The number of benzene rings is 3. The number of nitrogens with one attached hydrogen (secondary N) is 1. The number of hydrazine groups is 1. The summed E-state index contributed by atoms with van der Waals surface area (Å²) in [7, 11) is 3.33. The van der Waals surface area contributed by atoms with Crippen LogP contribution >= 0.6 is 0 Å². The van der Waals surface area contributed by atoms with Gasteiger partial charge < -0.3 is 19.9 Å². The quantitative estimate of drug-likeness (QED) is 0.530. The number of hydrogen-bond acceptors (Lipinski definition) is 5. The minimum atomic E-state index is -0.839. The molecule has 0 aliphatic carbocycles. The Bertz CT molecular complexity index is 1320. The third kappa shape index (κ3) is 5.18. The van der Waals surface area contributed by atoms with E-state index in [4.69, 9.17) is 4.74 Å². The third-order valence-corrected chi connectivity index (χ3v) is 7.45. The van der Waals surface area contributed by atoms with Crippen LogP contribution in [-0.4, -0.2) is 71.1 Å². The maximum absolute atomic E-state index is 14.1. The van der Waals surface area contributed by atoms with Gasteiger partial charge in [0.1, 0.15) is 18.0 Å². The number of urea groups is 1. The van der Waals surface area contributed by atoms with Crippen molar-refractivity contribution in [2.24, 2.45) is 0 Å². The fourth-order valence-corrected chi connectivity index (χ4v) is 5.38. The normalized spacial score (nSPS) is 20.4. The highest BCUT2D eigenvalue weighted by atomic mass is 16.5. The molecule has 3 unspecified atom stereocenters. The van der Waals surface area contributed by atoms with Crippen molar-refractivity contribution < 1.29 is 19.1 Å². The number of piperazine rings is 1. The summed E-state index contributed by atoms with van der Waals surface area (Å²) in [5, 5.41) is 6.19. The number of nitrogens with zero attached hydrogens (tertiary/aromatic N) is 4. The Labute approximate surface area is 228 Å². The predicted molar refractivity (Wildman–Crippen MR) is 146 cm³/mol. The van der Waals surface area contributed by atoms with Gasteiger partial charge in [0.25, 0.3) is 5.91 Å². The molecule has 9 heteroatoms. The van der Waals surface area contributed by atoms with Crippen LogP contribution in [0.1, 0.15) is 35.7 Å². The van der Waals surface area contributed by atoms with E-state index in [9.17, 15) is 14.4 Å². The lowest BCUT2D eigenvalue weighted by Crippen LogP contribution is -2.73. The van der Waals surface area contributed by atoms with Crippen LogP contribution in [0.2, 0.25) is 0 Å². The van der Waals surface area contributed by atoms with Crippen molar-refractivity contribution in [2.75, 3.05) is 27.2 Å². The molecule has 9 nitrogen and oxygen atoms in total. The van der Waals surface area contributed by atoms with Crippen molar-refractivity contribution in [1.29, 1.82) is 0 Å². The zero-order chi connectivity index (χ0) is 27.5. The number of amides is 4. The van der Waals surface area contributed by atoms with Gasteiger partial charge in [-0.3, -0.25) is 9.59 Å². The summed E-state index contributed by atoms with van der Waals surface area (Å²) in [6.45, 7) is 2.45. The first-order chi connectivity index (χ1) is 18.9. The van der Waals surface area contributed by atoms with E-state index in [0.717, 1.165) is 16.9 Å². The first kappa shape index (κ1) is 26.2. The summed E-state index contributed by atoms with van der Waals surface area (Å²) in [5.41, 5.74) is 2.61. The number of rotatable bonds is 6. The molecule has 202 valence electrons. The lowest BCUT2D eigenvalue weighted by Gasteiger charge is -2.55. The van der Waals surface area contributed by atoms with Crippen LogP contribution in [-0.2, 0) is 16.1 Å². The van der Waals surface area contributed by atoms with E-state index < -0.39 is 12.2 Å². The lowest BCUT2D eigenvalue weighted by molar-refractivity contribution is -0.189. The smallest absolute Gasteiger partial charge is 0.334 e. The molecule has 0 aromatic heterocycles. The molecule has 1 N–H and O–H groups in total. The summed E-state index contributed by atoms with van der Waals surface area (Å²) in [4.78, 5) is 44.5. The Morgan fingerprint density at radius 2 is 1.62 bits per heavy atom. The van der Waals surface area contributed by atoms with E-state index in [-0.39, 0.29) is 37.0 Å². The molecular formula is C30H33N5O4. The fraction of sp³-hybridized carbons (Fsp3) is 0.300. The molecule has 0 spiro atoms. The van der Waals surface area contributed by atoms with Crippen LogP contribution < -0.4 is 10.1 Å². The second-order valence-corrected chi connectivity index (χ2v) is 9.84. The van der Waals surface area contributed by atoms with E-state index in [1.165, 1.54) is 0 Å². The first-order valence-electron chi connectivity index (χ1n) is 13.0. The van der Waals surface area contributed by atoms with Gasteiger partial charge in [0.15, 0.2) is 0 Å². The van der Waals surface area contributed by atoms with E-state index >= 15 is 0 Å². The Morgan fingerprint density at radius 3 is 2.26 bits per heavy atom. The SMILES string of the molecule is COc1ccc(CNC(=O)N2C3CN(C(C)c4ccccc4)C(=O)C(c4ccccc4)N3C(=O)CN2C)cc1. The molecule has 0 bridgehead atoms. The zero-order valence-electron chi connectivity index (χ0n) is 22.4. The van der Waals surface area contributed by atoms with Gasteiger partial charge in [-0.15, -0.1) is 0 Å². The van der Waals surface area contributed by atoms with E-state index in [2.05, 4.69) is 5.32 Å². The number of carbonyl (C=O) groups excluding carboxylic acids is 3. The van der Waals surface area contributed by atoms with Gasteiger partial charge in [-0.05, 0) is 35.7 Å². The van der Waals surface area contributed by atoms with Gasteiger partial charge in [0, 0.05) is 13.6 Å². The van der Waals surface area contributed by atoms with Gasteiger partial charge in [0.05, 0.1) is 26.2 Å². The maximum atomic E-state index is 14.1. The number of ether oxygens (including phenoxy) is 1. The summed E-state index contributed by atoms with van der Waals surface area (Å²) >= 11 is 0. The van der Waals surface area contributed by atoms with Crippen LogP contribution in [0.4, 0.5) is 4.79 Å². The topological polar surface area (TPSA) is 85.4 Å². The molecule has 3 atom stereocenters. The van der Waals surface area contributed by atoms with Crippen LogP contribution in [0.3, 0.4) is 0 Å². The summed E-state index contributed by atoms with van der Waals surface area (Å²) in [5.74, 6) is 0.377. The molecule has 0 saturated carbocycles. The van der Waals surface area contributed by atoms with Crippen molar-refractivity contribution in [3.63, 3.8) is 0 Å². The fourth-order valence-electron chi connectivity index (χ4n) is 5.38. The highest BCUT2D eigenvalue weighted by Gasteiger charge is 2.52.